The summed E-state index contributed by atoms with van der Waals surface area (Å²) in [5.74, 6) is 0. The summed E-state index contributed by atoms with van der Waals surface area (Å²) < 4.78 is 22.2. The number of benzene rings is 1. The van der Waals surface area contributed by atoms with Crippen LogP contribution in [0.15, 0.2) is 23.1 Å². The number of primary sulfonamides is 1. The minimum absolute atomic E-state index is 0.0934. The smallest absolute Gasteiger partial charge is 0.225 e. The Morgan fingerprint density at radius 2 is 2.00 bits per heavy atom. The molecule has 0 aliphatic rings. The lowest BCUT2D eigenvalue weighted by atomic mass is 10.2. The number of rotatable bonds is 2. The first-order valence-electron chi connectivity index (χ1n) is 3.78. The van der Waals surface area contributed by atoms with Crippen molar-refractivity contribution in [2.24, 2.45) is 5.14 Å². The summed E-state index contributed by atoms with van der Waals surface area (Å²) in [7, 11) is -3.78. The molecule has 14 heavy (non-hydrogen) atoms. The molecule has 0 saturated carbocycles. The molecule has 2 N–H and O–H groups in total. The van der Waals surface area contributed by atoms with Crippen LogP contribution in [0.3, 0.4) is 0 Å². The van der Waals surface area contributed by atoms with Gasteiger partial charge in [-0.05, 0) is 24.6 Å². The Balaban J connectivity index is 3.37. The Hall–Kier alpha value is -0.290. The van der Waals surface area contributed by atoms with E-state index in [-0.39, 0.29) is 15.3 Å². The molecule has 1 atom stereocenters. The molecular formula is C8H9Cl2NO2S. The van der Waals surface area contributed by atoms with E-state index >= 15 is 0 Å². The SMILES string of the molecule is CC(Cl)c1ccc(Cl)c(S(N)(=O)=O)c1. The highest BCUT2D eigenvalue weighted by Gasteiger charge is 2.14. The van der Waals surface area contributed by atoms with E-state index in [4.69, 9.17) is 28.3 Å². The molecule has 1 rings (SSSR count). The van der Waals surface area contributed by atoms with Crippen molar-refractivity contribution in [3.63, 3.8) is 0 Å². The molecule has 0 heterocycles. The summed E-state index contributed by atoms with van der Waals surface area (Å²) in [5, 5.41) is 4.79. The van der Waals surface area contributed by atoms with Crippen molar-refractivity contribution in [3.05, 3.63) is 28.8 Å². The number of nitrogens with two attached hydrogens (primary N) is 1. The van der Waals surface area contributed by atoms with Gasteiger partial charge >= 0.3 is 0 Å². The van der Waals surface area contributed by atoms with Crippen LogP contribution in [0.2, 0.25) is 5.02 Å². The quantitative estimate of drug-likeness (QED) is 0.823. The Morgan fingerprint density at radius 3 is 2.43 bits per heavy atom. The molecule has 0 aliphatic heterocycles. The summed E-state index contributed by atoms with van der Waals surface area (Å²) in [4.78, 5) is -0.0934. The summed E-state index contributed by atoms with van der Waals surface area (Å²) in [5.41, 5.74) is 0.667. The fourth-order valence-electron chi connectivity index (χ4n) is 0.985. The van der Waals surface area contributed by atoms with Crippen LogP contribution in [0.5, 0.6) is 0 Å². The first-order valence-corrected chi connectivity index (χ1v) is 6.15. The normalized spacial score (nSPS) is 14.0. The largest absolute Gasteiger partial charge is 0.239 e. The maximum absolute atomic E-state index is 11.1. The maximum Gasteiger partial charge on any atom is 0.239 e. The standard InChI is InChI=1S/C8H9Cl2NO2S/c1-5(9)6-2-3-7(10)8(4-6)14(11,12)13/h2-5H,1H3,(H2,11,12,13). The van der Waals surface area contributed by atoms with Crippen LogP contribution < -0.4 is 5.14 Å². The zero-order valence-electron chi connectivity index (χ0n) is 7.37. The second-order valence-corrected chi connectivity index (χ2v) is 5.44. The molecule has 0 aliphatic carbocycles. The van der Waals surface area contributed by atoms with Gasteiger partial charge in [0.1, 0.15) is 4.90 Å². The van der Waals surface area contributed by atoms with Crippen molar-refractivity contribution in [1.29, 1.82) is 0 Å². The minimum atomic E-state index is -3.78. The van der Waals surface area contributed by atoms with Crippen LogP contribution in [-0.4, -0.2) is 8.42 Å². The molecule has 1 aromatic rings. The van der Waals surface area contributed by atoms with Crippen LogP contribution in [0.4, 0.5) is 0 Å². The van der Waals surface area contributed by atoms with Crippen LogP contribution in [0, 0.1) is 0 Å². The zero-order chi connectivity index (χ0) is 10.9. The zero-order valence-corrected chi connectivity index (χ0v) is 9.70. The monoisotopic (exact) mass is 253 g/mol. The van der Waals surface area contributed by atoms with E-state index in [9.17, 15) is 8.42 Å². The van der Waals surface area contributed by atoms with E-state index in [0.29, 0.717) is 5.56 Å². The van der Waals surface area contributed by atoms with Gasteiger partial charge in [-0.25, -0.2) is 13.6 Å². The van der Waals surface area contributed by atoms with Crippen LogP contribution >= 0.6 is 23.2 Å². The van der Waals surface area contributed by atoms with Gasteiger partial charge in [0.15, 0.2) is 0 Å². The number of halogens is 2. The predicted octanol–water partition coefficient (Wildman–Crippen LogP) is 2.29. The van der Waals surface area contributed by atoms with Gasteiger partial charge in [0.2, 0.25) is 10.0 Å². The number of sulfonamides is 1. The first-order chi connectivity index (χ1) is 6.32. The van der Waals surface area contributed by atoms with Gasteiger partial charge in [-0.3, -0.25) is 0 Å². The fourth-order valence-corrected chi connectivity index (χ4v) is 2.20. The lowest BCUT2D eigenvalue weighted by molar-refractivity contribution is 0.597. The van der Waals surface area contributed by atoms with E-state index in [2.05, 4.69) is 0 Å². The highest BCUT2D eigenvalue weighted by Crippen LogP contribution is 2.26. The van der Waals surface area contributed by atoms with E-state index in [0.717, 1.165) is 0 Å². The summed E-state index contributed by atoms with van der Waals surface area (Å²) in [6.07, 6.45) is 0. The molecule has 3 nitrogen and oxygen atoms in total. The number of hydrogen-bond donors (Lipinski definition) is 1. The van der Waals surface area contributed by atoms with Crippen molar-refractivity contribution < 1.29 is 8.42 Å². The third-order valence-corrected chi connectivity index (χ3v) is 3.37. The van der Waals surface area contributed by atoms with Gasteiger partial charge < -0.3 is 0 Å². The Kier molecular flexibility index (Phi) is 3.42. The van der Waals surface area contributed by atoms with Crippen molar-refractivity contribution in [2.75, 3.05) is 0 Å². The Labute approximate surface area is 92.9 Å². The minimum Gasteiger partial charge on any atom is -0.225 e. The second-order valence-electron chi connectivity index (χ2n) is 2.85. The van der Waals surface area contributed by atoms with Crippen molar-refractivity contribution in [2.45, 2.75) is 17.2 Å². The predicted molar refractivity (Wildman–Crippen MR) is 57.1 cm³/mol. The lowest BCUT2D eigenvalue weighted by Gasteiger charge is -2.06. The summed E-state index contributed by atoms with van der Waals surface area (Å²) in [6, 6.07) is 4.51. The second kappa shape index (κ2) is 4.06. The van der Waals surface area contributed by atoms with Crippen molar-refractivity contribution in [1.82, 2.24) is 0 Å². The molecule has 0 amide bonds. The molecule has 1 unspecified atom stereocenters. The number of alkyl halides is 1. The fraction of sp³-hybridized carbons (Fsp3) is 0.250. The van der Waals surface area contributed by atoms with E-state index in [1.54, 1.807) is 13.0 Å². The summed E-state index contributed by atoms with van der Waals surface area (Å²) >= 11 is 11.5. The highest BCUT2D eigenvalue weighted by atomic mass is 35.5. The van der Waals surface area contributed by atoms with Crippen LogP contribution in [0.25, 0.3) is 0 Å². The van der Waals surface area contributed by atoms with E-state index < -0.39 is 10.0 Å². The molecule has 0 spiro atoms. The first kappa shape index (κ1) is 11.8. The van der Waals surface area contributed by atoms with Gasteiger partial charge in [0.25, 0.3) is 0 Å². The number of hydrogen-bond acceptors (Lipinski definition) is 2. The average Bonchev–Trinajstić information content (AvgIpc) is 2.02. The molecule has 1 aromatic carbocycles. The topological polar surface area (TPSA) is 60.2 Å². The molecule has 0 aromatic heterocycles. The molecule has 0 bridgehead atoms. The van der Waals surface area contributed by atoms with Gasteiger partial charge in [-0.15, -0.1) is 11.6 Å². The Morgan fingerprint density at radius 1 is 1.43 bits per heavy atom. The molecular weight excluding hydrogens is 245 g/mol. The Bertz CT molecular complexity index is 443. The van der Waals surface area contributed by atoms with Gasteiger partial charge in [-0.1, -0.05) is 17.7 Å². The van der Waals surface area contributed by atoms with Gasteiger partial charge in [0, 0.05) is 0 Å². The highest BCUT2D eigenvalue weighted by molar-refractivity contribution is 7.89. The average molecular weight is 254 g/mol. The molecule has 78 valence electrons. The van der Waals surface area contributed by atoms with E-state index in [1.165, 1.54) is 12.1 Å². The van der Waals surface area contributed by atoms with Gasteiger partial charge in [0.05, 0.1) is 10.4 Å². The molecule has 0 radical (unpaired) electrons. The third-order valence-electron chi connectivity index (χ3n) is 1.72. The van der Waals surface area contributed by atoms with Crippen molar-refractivity contribution in [3.8, 4) is 0 Å². The molecule has 6 heteroatoms. The van der Waals surface area contributed by atoms with Crippen LogP contribution in [-0.2, 0) is 10.0 Å². The molecule has 0 saturated heterocycles. The van der Waals surface area contributed by atoms with Crippen molar-refractivity contribution >= 4 is 33.2 Å². The summed E-state index contributed by atoms with van der Waals surface area (Å²) in [6.45, 7) is 1.73. The van der Waals surface area contributed by atoms with Crippen LogP contribution in [0.1, 0.15) is 17.9 Å². The third kappa shape index (κ3) is 2.60. The van der Waals surface area contributed by atoms with E-state index in [1.807, 2.05) is 0 Å². The lowest BCUT2D eigenvalue weighted by Crippen LogP contribution is -2.13. The van der Waals surface area contributed by atoms with Gasteiger partial charge in [-0.2, -0.15) is 0 Å². The maximum atomic E-state index is 11.1. The molecule has 0 fully saturated rings.